The zero-order valence-corrected chi connectivity index (χ0v) is 11.1. The molecule has 0 amide bonds. The minimum Gasteiger partial charge on any atom is -0.375 e. The van der Waals surface area contributed by atoms with Gasteiger partial charge in [0.05, 0.1) is 10.2 Å². The summed E-state index contributed by atoms with van der Waals surface area (Å²) in [5.74, 6) is 0.678. The van der Waals surface area contributed by atoms with Crippen LogP contribution < -0.4 is 5.73 Å². The number of hydrogen-bond acceptors (Lipinski definition) is 5. The van der Waals surface area contributed by atoms with E-state index < -0.39 is 0 Å². The summed E-state index contributed by atoms with van der Waals surface area (Å²) in [7, 11) is 0. The third kappa shape index (κ3) is 2.00. The Hall–Kier alpha value is -2.21. The monoisotopic (exact) mass is 272 g/mol. The van der Waals surface area contributed by atoms with Gasteiger partial charge in [-0.3, -0.25) is 9.36 Å². The number of aryl methyl sites for hydroxylation is 1. The van der Waals surface area contributed by atoms with Crippen molar-refractivity contribution in [2.75, 3.05) is 5.73 Å². The molecule has 19 heavy (non-hydrogen) atoms. The maximum absolute atomic E-state index is 12.4. The first-order chi connectivity index (χ1) is 9.19. The van der Waals surface area contributed by atoms with E-state index in [4.69, 9.17) is 5.73 Å². The van der Waals surface area contributed by atoms with Gasteiger partial charge in [0.1, 0.15) is 5.82 Å². The number of benzene rings is 1. The summed E-state index contributed by atoms with van der Waals surface area (Å²) in [5.41, 5.74) is 7.10. The minimum absolute atomic E-state index is 0.0804. The molecule has 1 aromatic carbocycles. The molecule has 2 N–H and O–H groups in total. The molecule has 0 spiro atoms. The van der Waals surface area contributed by atoms with Gasteiger partial charge < -0.3 is 5.73 Å². The molecule has 0 aliphatic rings. The Morgan fingerprint density at radius 1 is 1.47 bits per heavy atom. The van der Waals surface area contributed by atoms with Gasteiger partial charge in [0.15, 0.2) is 5.13 Å². The number of carbonyl (C=O) groups excluding carboxylic acids is 1. The van der Waals surface area contributed by atoms with E-state index in [2.05, 4.69) is 9.97 Å². The van der Waals surface area contributed by atoms with Crippen LogP contribution in [0.3, 0.4) is 0 Å². The van der Waals surface area contributed by atoms with Crippen LogP contribution in [0, 0.1) is 0 Å². The van der Waals surface area contributed by atoms with Crippen molar-refractivity contribution in [2.24, 2.45) is 0 Å². The second-order valence-corrected chi connectivity index (χ2v) is 5.17. The van der Waals surface area contributed by atoms with Gasteiger partial charge >= 0.3 is 0 Å². The minimum atomic E-state index is -0.0804. The summed E-state index contributed by atoms with van der Waals surface area (Å²) in [6, 6.07) is 5.41. The van der Waals surface area contributed by atoms with Crippen molar-refractivity contribution in [1.82, 2.24) is 14.5 Å². The SMILES string of the molecule is CCc1nccn1C(=O)c1ccc2nc(N)sc2c1. The van der Waals surface area contributed by atoms with Gasteiger partial charge in [-0.2, -0.15) is 0 Å². The lowest BCUT2D eigenvalue weighted by Gasteiger charge is -2.04. The Morgan fingerprint density at radius 3 is 3.11 bits per heavy atom. The van der Waals surface area contributed by atoms with E-state index in [0.29, 0.717) is 17.1 Å². The highest BCUT2D eigenvalue weighted by atomic mass is 32.1. The van der Waals surface area contributed by atoms with Gasteiger partial charge in [0, 0.05) is 24.4 Å². The van der Waals surface area contributed by atoms with Crippen LogP contribution in [0.25, 0.3) is 10.2 Å². The molecular formula is C13H12N4OS. The highest BCUT2D eigenvalue weighted by Gasteiger charge is 2.13. The van der Waals surface area contributed by atoms with Crippen molar-refractivity contribution in [2.45, 2.75) is 13.3 Å². The highest BCUT2D eigenvalue weighted by Crippen LogP contribution is 2.25. The van der Waals surface area contributed by atoms with E-state index in [0.717, 1.165) is 16.0 Å². The molecule has 5 nitrogen and oxygen atoms in total. The zero-order chi connectivity index (χ0) is 13.4. The van der Waals surface area contributed by atoms with Crippen molar-refractivity contribution in [3.8, 4) is 0 Å². The fourth-order valence-corrected chi connectivity index (χ4v) is 2.77. The number of imidazole rings is 1. The molecule has 0 aliphatic carbocycles. The predicted molar refractivity (Wildman–Crippen MR) is 75.4 cm³/mol. The van der Waals surface area contributed by atoms with E-state index in [1.54, 1.807) is 23.0 Å². The smallest absolute Gasteiger partial charge is 0.263 e. The van der Waals surface area contributed by atoms with Crippen LogP contribution in [0.1, 0.15) is 23.1 Å². The summed E-state index contributed by atoms with van der Waals surface area (Å²) in [6.07, 6.45) is 4.04. The van der Waals surface area contributed by atoms with Crippen LogP contribution in [0.15, 0.2) is 30.6 Å². The maximum Gasteiger partial charge on any atom is 0.263 e. The Balaban J connectivity index is 2.06. The molecule has 6 heteroatoms. The van der Waals surface area contributed by atoms with Crippen molar-refractivity contribution in [3.05, 3.63) is 42.0 Å². The van der Waals surface area contributed by atoms with Crippen LogP contribution in [0.5, 0.6) is 0 Å². The molecule has 2 aromatic heterocycles. The number of hydrogen-bond donors (Lipinski definition) is 1. The molecule has 96 valence electrons. The zero-order valence-electron chi connectivity index (χ0n) is 10.3. The number of nitrogens with zero attached hydrogens (tertiary/aromatic N) is 3. The lowest BCUT2D eigenvalue weighted by atomic mass is 10.2. The van der Waals surface area contributed by atoms with Gasteiger partial charge in [0.2, 0.25) is 0 Å². The van der Waals surface area contributed by atoms with Crippen molar-refractivity contribution in [1.29, 1.82) is 0 Å². The molecule has 0 unspecified atom stereocenters. The number of nitrogen functional groups attached to an aromatic ring is 1. The van der Waals surface area contributed by atoms with E-state index in [1.165, 1.54) is 11.3 Å². The summed E-state index contributed by atoms with van der Waals surface area (Å²) < 4.78 is 2.49. The molecule has 0 saturated carbocycles. The standard InChI is InChI=1S/C13H12N4OS/c1-2-11-15-5-6-17(11)12(18)8-3-4-9-10(7-8)19-13(14)16-9/h3-7H,2H2,1H3,(H2,14,16). The van der Waals surface area contributed by atoms with Crippen LogP contribution in [-0.4, -0.2) is 20.4 Å². The maximum atomic E-state index is 12.4. The molecular weight excluding hydrogens is 260 g/mol. The van der Waals surface area contributed by atoms with E-state index in [1.807, 2.05) is 19.1 Å². The van der Waals surface area contributed by atoms with Gasteiger partial charge in [-0.1, -0.05) is 18.3 Å². The quantitative estimate of drug-likeness (QED) is 0.777. The molecule has 0 fully saturated rings. The first kappa shape index (κ1) is 11.9. The largest absolute Gasteiger partial charge is 0.375 e. The number of nitrogens with two attached hydrogens (primary N) is 1. The molecule has 3 rings (SSSR count). The molecule has 3 aromatic rings. The summed E-state index contributed by atoms with van der Waals surface area (Å²) in [4.78, 5) is 20.7. The normalized spacial score (nSPS) is 11.0. The average Bonchev–Trinajstić information content (AvgIpc) is 3.01. The Kier molecular flexibility index (Phi) is 2.79. The van der Waals surface area contributed by atoms with Gasteiger partial charge in [-0.15, -0.1) is 0 Å². The summed E-state index contributed by atoms with van der Waals surface area (Å²) in [5, 5.41) is 0.511. The molecule has 0 bridgehead atoms. The Bertz CT molecular complexity index is 759. The van der Waals surface area contributed by atoms with E-state index in [-0.39, 0.29) is 5.91 Å². The van der Waals surface area contributed by atoms with E-state index >= 15 is 0 Å². The second kappa shape index (κ2) is 4.47. The van der Waals surface area contributed by atoms with Crippen LogP contribution in [-0.2, 0) is 6.42 Å². The van der Waals surface area contributed by atoms with Crippen LogP contribution >= 0.6 is 11.3 Å². The van der Waals surface area contributed by atoms with Crippen molar-refractivity contribution >= 4 is 32.6 Å². The van der Waals surface area contributed by atoms with Gasteiger partial charge in [0.25, 0.3) is 5.91 Å². The van der Waals surface area contributed by atoms with Gasteiger partial charge in [-0.25, -0.2) is 9.97 Å². The lowest BCUT2D eigenvalue weighted by Crippen LogP contribution is -2.13. The molecule has 0 saturated heterocycles. The second-order valence-electron chi connectivity index (χ2n) is 4.11. The molecule has 0 radical (unpaired) electrons. The number of anilines is 1. The fourth-order valence-electron chi connectivity index (χ4n) is 2.00. The fraction of sp³-hybridized carbons (Fsp3) is 0.154. The van der Waals surface area contributed by atoms with Crippen molar-refractivity contribution < 1.29 is 4.79 Å². The number of carbonyl (C=O) groups is 1. The first-order valence-electron chi connectivity index (χ1n) is 5.92. The number of rotatable bonds is 2. The van der Waals surface area contributed by atoms with Crippen LogP contribution in [0.2, 0.25) is 0 Å². The number of thiazole rings is 1. The lowest BCUT2D eigenvalue weighted by molar-refractivity contribution is 0.0957. The van der Waals surface area contributed by atoms with Crippen molar-refractivity contribution in [3.63, 3.8) is 0 Å². The van der Waals surface area contributed by atoms with E-state index in [9.17, 15) is 4.79 Å². The first-order valence-corrected chi connectivity index (χ1v) is 6.73. The third-order valence-electron chi connectivity index (χ3n) is 2.90. The third-order valence-corrected chi connectivity index (χ3v) is 3.75. The van der Waals surface area contributed by atoms with Crippen LogP contribution in [0.4, 0.5) is 5.13 Å². The summed E-state index contributed by atoms with van der Waals surface area (Å²) in [6.45, 7) is 1.97. The molecule has 0 aliphatic heterocycles. The Morgan fingerprint density at radius 2 is 2.32 bits per heavy atom. The molecule has 0 atom stereocenters. The number of aromatic nitrogens is 3. The number of fused-ring (bicyclic) bond motifs is 1. The highest BCUT2D eigenvalue weighted by molar-refractivity contribution is 7.22. The predicted octanol–water partition coefficient (Wildman–Crippen LogP) is 2.33. The average molecular weight is 272 g/mol. The Labute approximate surface area is 113 Å². The molecule has 2 heterocycles. The summed E-state index contributed by atoms with van der Waals surface area (Å²) >= 11 is 1.38. The van der Waals surface area contributed by atoms with Gasteiger partial charge in [-0.05, 0) is 18.2 Å². The topological polar surface area (TPSA) is 73.8 Å².